The summed E-state index contributed by atoms with van der Waals surface area (Å²) in [5, 5.41) is 8.86. The molecule has 0 aliphatic heterocycles. The van der Waals surface area contributed by atoms with Crippen LogP contribution in [0.3, 0.4) is 0 Å². The van der Waals surface area contributed by atoms with Gasteiger partial charge in [0.1, 0.15) is 11.9 Å². The molecule has 5 heteroatoms. The third kappa shape index (κ3) is 1.42. The molecule has 1 heterocycles. The Labute approximate surface area is 69.0 Å². The van der Waals surface area contributed by atoms with E-state index in [1.54, 1.807) is 6.07 Å². The first kappa shape index (κ1) is 8.27. The Morgan fingerprint density at radius 1 is 1.75 bits per heavy atom. The molecule has 12 heavy (non-hydrogen) atoms. The molecule has 0 saturated carbocycles. The van der Waals surface area contributed by atoms with E-state index in [-0.39, 0.29) is 17.1 Å². The molecule has 0 aliphatic carbocycles. The summed E-state index contributed by atoms with van der Waals surface area (Å²) in [5.41, 5.74) is 5.60. The van der Waals surface area contributed by atoms with E-state index >= 15 is 0 Å². The maximum atomic E-state index is 12.7. The predicted molar refractivity (Wildman–Crippen MR) is 42.9 cm³/mol. The molecule has 62 valence electrons. The molecule has 1 aromatic rings. The quantitative estimate of drug-likeness (QED) is 0.628. The van der Waals surface area contributed by atoms with Crippen LogP contribution >= 0.6 is 0 Å². The molecule has 1 rings (SSSR count). The molecular weight excluding hydrogens is 159 g/mol. The van der Waals surface area contributed by atoms with Crippen molar-refractivity contribution >= 4 is 11.5 Å². The first-order chi connectivity index (χ1) is 5.65. The number of hydrogen-bond acceptors (Lipinski definition) is 4. The van der Waals surface area contributed by atoms with Gasteiger partial charge in [-0.05, 0) is 0 Å². The molecule has 0 spiro atoms. The van der Waals surface area contributed by atoms with Crippen molar-refractivity contribution in [3.8, 4) is 6.07 Å². The van der Waals surface area contributed by atoms with E-state index in [4.69, 9.17) is 11.0 Å². The van der Waals surface area contributed by atoms with Gasteiger partial charge in [-0.25, -0.2) is 10.1 Å². The lowest BCUT2D eigenvalue weighted by Crippen LogP contribution is -2.06. The zero-order valence-corrected chi connectivity index (χ0v) is 6.45. The van der Waals surface area contributed by atoms with Gasteiger partial charge in [-0.3, -0.25) is 0 Å². The van der Waals surface area contributed by atoms with Crippen molar-refractivity contribution in [1.82, 2.24) is 4.98 Å². The summed E-state index contributed by atoms with van der Waals surface area (Å²) in [6.45, 7) is 0. The number of aromatic nitrogens is 1. The summed E-state index contributed by atoms with van der Waals surface area (Å²) in [6, 6.07) is 3.11. The van der Waals surface area contributed by atoms with Crippen LogP contribution < -0.4 is 10.9 Å². The van der Waals surface area contributed by atoms with Gasteiger partial charge in [0.05, 0.1) is 11.3 Å². The molecule has 0 fully saturated rings. The van der Waals surface area contributed by atoms with Gasteiger partial charge in [-0.2, -0.15) is 5.26 Å². The van der Waals surface area contributed by atoms with E-state index in [1.807, 2.05) is 0 Å². The summed E-state index contributed by atoms with van der Waals surface area (Å²) in [4.78, 5) is 3.65. The second kappa shape index (κ2) is 3.05. The van der Waals surface area contributed by atoms with Gasteiger partial charge in [-0.15, -0.1) is 4.48 Å². The largest absolute Gasteiger partial charge is 0.384 e. The van der Waals surface area contributed by atoms with Crippen LogP contribution in [-0.2, 0) is 0 Å². The Morgan fingerprint density at radius 3 is 2.92 bits per heavy atom. The Balaban J connectivity index is 3.24. The average molecular weight is 166 g/mol. The average Bonchev–Trinajstić information content (AvgIpc) is 2.04. The third-order valence-corrected chi connectivity index (χ3v) is 1.36. The molecule has 0 amide bonds. The van der Waals surface area contributed by atoms with Crippen LogP contribution in [0.4, 0.5) is 16.0 Å². The van der Waals surface area contributed by atoms with Crippen LogP contribution in [0.25, 0.3) is 0 Å². The predicted octanol–water partition coefficient (Wildman–Crippen LogP) is 0.856. The first-order valence-electron chi connectivity index (χ1n) is 3.20. The monoisotopic (exact) mass is 166 g/mol. The number of rotatable bonds is 1. The fourth-order valence-corrected chi connectivity index (χ4v) is 0.801. The van der Waals surface area contributed by atoms with E-state index in [2.05, 4.69) is 4.98 Å². The minimum Gasteiger partial charge on any atom is -0.384 e. The second-order valence-corrected chi connectivity index (χ2v) is 2.22. The number of pyridine rings is 1. The van der Waals surface area contributed by atoms with Crippen molar-refractivity contribution in [1.29, 1.82) is 5.26 Å². The maximum Gasteiger partial charge on any atom is 0.125 e. The molecule has 0 aliphatic rings. The highest BCUT2D eigenvalue weighted by molar-refractivity contribution is 5.60. The molecule has 0 unspecified atom stereocenters. The molecule has 0 aromatic carbocycles. The number of nitrogens with zero attached hydrogens (tertiary/aromatic N) is 3. The molecule has 1 aromatic heterocycles. The summed E-state index contributed by atoms with van der Waals surface area (Å²) >= 11 is 0. The number of anilines is 2. The number of nitrogens with two attached hydrogens (primary N) is 1. The number of halogens is 1. The zero-order chi connectivity index (χ0) is 9.14. The van der Waals surface area contributed by atoms with Crippen LogP contribution in [0.5, 0.6) is 0 Å². The van der Waals surface area contributed by atoms with Gasteiger partial charge in [0.15, 0.2) is 0 Å². The smallest absolute Gasteiger partial charge is 0.125 e. The fourth-order valence-electron chi connectivity index (χ4n) is 0.801. The minimum absolute atomic E-state index is 0.130. The van der Waals surface area contributed by atoms with Crippen LogP contribution in [0.1, 0.15) is 5.56 Å². The lowest BCUT2D eigenvalue weighted by atomic mass is 10.2. The molecule has 4 nitrogen and oxygen atoms in total. The highest BCUT2D eigenvalue weighted by atomic mass is 19.2. The minimum atomic E-state index is 0.130. The number of nitriles is 1. The molecule has 0 bridgehead atoms. The lowest BCUT2D eigenvalue weighted by molar-refractivity contribution is 0.475. The van der Waals surface area contributed by atoms with E-state index in [0.717, 1.165) is 0 Å². The highest BCUT2D eigenvalue weighted by Crippen LogP contribution is 2.19. The molecule has 2 N–H and O–H groups in total. The van der Waals surface area contributed by atoms with Crippen molar-refractivity contribution in [2.75, 3.05) is 17.9 Å². The van der Waals surface area contributed by atoms with E-state index in [0.29, 0.717) is 5.12 Å². The fraction of sp³-hybridized carbons (Fsp3) is 0.143. The molecule has 0 radical (unpaired) electrons. The molecular formula is C7H7FN4. The summed E-state index contributed by atoms with van der Waals surface area (Å²) in [7, 11) is 1.19. The Kier molecular flexibility index (Phi) is 2.10. The number of nitrogen functional groups attached to an aromatic ring is 1. The van der Waals surface area contributed by atoms with Crippen LogP contribution in [0.15, 0.2) is 12.3 Å². The zero-order valence-electron chi connectivity index (χ0n) is 6.45. The topological polar surface area (TPSA) is 65.9 Å². The number of hydrogen-bond donors (Lipinski definition) is 1. The van der Waals surface area contributed by atoms with E-state index in [9.17, 15) is 4.48 Å². The maximum absolute atomic E-state index is 12.7. The summed E-state index contributed by atoms with van der Waals surface area (Å²) in [6.07, 6.45) is 1.24. The van der Waals surface area contributed by atoms with E-state index in [1.165, 1.54) is 19.3 Å². The SMILES string of the molecule is CN(F)c1cc(N)ncc1C#N. The molecule has 0 atom stereocenters. The van der Waals surface area contributed by atoms with Crippen molar-refractivity contribution in [2.45, 2.75) is 0 Å². The summed E-state index contributed by atoms with van der Waals surface area (Å²) in [5.74, 6) is 0.188. The van der Waals surface area contributed by atoms with Crippen LogP contribution in [-0.4, -0.2) is 12.0 Å². The van der Waals surface area contributed by atoms with Crippen LogP contribution in [0.2, 0.25) is 0 Å². The third-order valence-electron chi connectivity index (χ3n) is 1.36. The van der Waals surface area contributed by atoms with Crippen molar-refractivity contribution < 1.29 is 4.48 Å². The van der Waals surface area contributed by atoms with Gasteiger partial charge >= 0.3 is 0 Å². The van der Waals surface area contributed by atoms with Gasteiger partial charge in [-0.1, -0.05) is 0 Å². The van der Waals surface area contributed by atoms with Crippen molar-refractivity contribution in [3.05, 3.63) is 17.8 Å². The second-order valence-electron chi connectivity index (χ2n) is 2.22. The standard InChI is InChI=1S/C7H7FN4/c1-12(8)6-2-7(10)11-4-5(6)3-9/h2,4H,1H3,(H2,10,11). The van der Waals surface area contributed by atoms with Gasteiger partial charge in [0.25, 0.3) is 0 Å². The Bertz CT molecular complexity index is 329. The first-order valence-corrected chi connectivity index (χ1v) is 3.20. The lowest BCUT2D eigenvalue weighted by Gasteiger charge is -2.08. The highest BCUT2D eigenvalue weighted by Gasteiger charge is 2.06. The van der Waals surface area contributed by atoms with Gasteiger partial charge in [0, 0.05) is 19.3 Å². The van der Waals surface area contributed by atoms with Gasteiger partial charge in [0.2, 0.25) is 0 Å². The Hall–Kier alpha value is -1.83. The Morgan fingerprint density at radius 2 is 2.42 bits per heavy atom. The van der Waals surface area contributed by atoms with Crippen molar-refractivity contribution in [3.63, 3.8) is 0 Å². The van der Waals surface area contributed by atoms with Gasteiger partial charge < -0.3 is 5.73 Å². The van der Waals surface area contributed by atoms with Crippen LogP contribution in [0, 0.1) is 11.3 Å². The normalized spacial score (nSPS) is 9.08. The van der Waals surface area contributed by atoms with E-state index < -0.39 is 0 Å². The molecule has 0 saturated heterocycles. The van der Waals surface area contributed by atoms with Crippen molar-refractivity contribution in [2.24, 2.45) is 0 Å². The summed E-state index contributed by atoms with van der Waals surface area (Å²) < 4.78 is 12.7.